The van der Waals surface area contributed by atoms with Gasteiger partial charge >= 0.3 is 0 Å². The summed E-state index contributed by atoms with van der Waals surface area (Å²) in [6.45, 7) is 0. The lowest BCUT2D eigenvalue weighted by molar-refractivity contribution is 0.626. The molecule has 1 unspecified atom stereocenters. The first-order valence-corrected chi connectivity index (χ1v) is 6.90. The lowest BCUT2D eigenvalue weighted by Crippen LogP contribution is -1.91. The Morgan fingerprint density at radius 3 is 2.67 bits per heavy atom. The maximum Gasteiger partial charge on any atom is 0.123 e. The summed E-state index contributed by atoms with van der Waals surface area (Å²) in [5.41, 5.74) is 0.929. The minimum Gasteiger partial charge on any atom is -0.207 e. The van der Waals surface area contributed by atoms with Crippen molar-refractivity contribution in [3.8, 4) is 0 Å². The highest BCUT2D eigenvalue weighted by Gasteiger charge is 2.14. The molecule has 0 saturated heterocycles. The van der Waals surface area contributed by atoms with Gasteiger partial charge in [0, 0.05) is 9.35 Å². The summed E-state index contributed by atoms with van der Waals surface area (Å²) < 4.78 is 14.1. The predicted molar refractivity (Wildman–Crippen MR) is 69.2 cm³/mol. The van der Waals surface area contributed by atoms with E-state index < -0.39 is 0 Å². The fourth-order valence-corrected chi connectivity index (χ4v) is 4.07. The summed E-state index contributed by atoms with van der Waals surface area (Å²) in [5.74, 6) is -0.204. The Bertz CT molecular complexity index is 467. The number of thiophene rings is 1. The molecule has 78 valence electrons. The van der Waals surface area contributed by atoms with Crippen LogP contribution < -0.4 is 0 Å². The molecular weight excluding hydrogens is 343 g/mol. The van der Waals surface area contributed by atoms with Crippen molar-refractivity contribution in [1.29, 1.82) is 0 Å². The second-order valence-electron chi connectivity index (χ2n) is 3.05. The molecule has 0 bridgehead atoms. The minimum absolute atomic E-state index is 0.0441. The van der Waals surface area contributed by atoms with E-state index in [4.69, 9.17) is 0 Å². The number of hydrogen-bond donors (Lipinski definition) is 0. The second-order valence-corrected chi connectivity index (χ2v) is 5.77. The van der Waals surface area contributed by atoms with E-state index in [1.54, 1.807) is 23.5 Å². The zero-order chi connectivity index (χ0) is 10.8. The van der Waals surface area contributed by atoms with Gasteiger partial charge in [-0.25, -0.2) is 4.39 Å². The molecule has 1 atom stereocenters. The Labute approximate surface area is 108 Å². The van der Waals surface area contributed by atoms with Gasteiger partial charge in [-0.2, -0.15) is 0 Å². The minimum atomic E-state index is -0.204. The van der Waals surface area contributed by atoms with Crippen LogP contribution in [0.25, 0.3) is 0 Å². The summed E-state index contributed by atoms with van der Waals surface area (Å²) >= 11 is 8.68. The maximum absolute atomic E-state index is 13.0. The fraction of sp³-hybridized carbons (Fsp3) is 0.0909. The van der Waals surface area contributed by atoms with E-state index in [9.17, 15) is 4.39 Å². The molecule has 2 rings (SSSR count). The zero-order valence-electron chi connectivity index (χ0n) is 7.58. The van der Waals surface area contributed by atoms with E-state index in [0.29, 0.717) is 0 Å². The molecule has 0 fully saturated rings. The Balaban J connectivity index is 2.36. The molecule has 1 aromatic carbocycles. The first-order valence-electron chi connectivity index (χ1n) is 4.31. The van der Waals surface area contributed by atoms with Crippen molar-refractivity contribution in [3.05, 3.63) is 56.4 Å². The Morgan fingerprint density at radius 1 is 1.27 bits per heavy atom. The smallest absolute Gasteiger partial charge is 0.123 e. The zero-order valence-corrected chi connectivity index (χ0v) is 11.6. The third-order valence-corrected chi connectivity index (χ3v) is 5.24. The van der Waals surface area contributed by atoms with Crippen LogP contribution in [0, 0.1) is 5.82 Å². The Hall–Kier alpha value is -0.190. The molecule has 0 nitrogen and oxygen atoms in total. The molecule has 2 aromatic rings. The van der Waals surface area contributed by atoms with E-state index in [2.05, 4.69) is 31.9 Å². The molecule has 1 aromatic heterocycles. The summed E-state index contributed by atoms with van der Waals surface area (Å²) in [5, 5.41) is 2.01. The number of alkyl halides is 1. The molecule has 0 aliphatic heterocycles. The Kier molecular flexibility index (Phi) is 3.59. The van der Waals surface area contributed by atoms with Gasteiger partial charge in [0.1, 0.15) is 5.82 Å². The number of halogens is 3. The largest absolute Gasteiger partial charge is 0.207 e. The Morgan fingerprint density at radius 2 is 2.07 bits per heavy atom. The highest BCUT2D eigenvalue weighted by molar-refractivity contribution is 9.11. The van der Waals surface area contributed by atoms with Crippen LogP contribution >= 0.6 is 43.2 Å². The predicted octanol–water partition coefficient (Wildman–Crippen LogP) is 5.13. The van der Waals surface area contributed by atoms with E-state index in [0.717, 1.165) is 14.9 Å². The molecule has 15 heavy (non-hydrogen) atoms. The molecule has 1 heterocycles. The number of hydrogen-bond acceptors (Lipinski definition) is 1. The van der Waals surface area contributed by atoms with Crippen LogP contribution in [0.5, 0.6) is 0 Å². The number of rotatable bonds is 2. The highest BCUT2D eigenvalue weighted by Crippen LogP contribution is 2.38. The molecule has 4 heteroatoms. The van der Waals surface area contributed by atoms with Gasteiger partial charge in [-0.15, -0.1) is 11.3 Å². The first kappa shape index (κ1) is 11.3. The van der Waals surface area contributed by atoms with Gasteiger partial charge in [0.15, 0.2) is 0 Å². The van der Waals surface area contributed by atoms with Crippen LogP contribution in [0.15, 0.2) is 40.2 Å². The molecule has 0 amide bonds. The second kappa shape index (κ2) is 4.76. The summed E-state index contributed by atoms with van der Waals surface area (Å²) in [6, 6.07) is 8.63. The quantitative estimate of drug-likeness (QED) is 0.659. The normalized spacial score (nSPS) is 12.7. The van der Waals surface area contributed by atoms with Crippen molar-refractivity contribution in [3.63, 3.8) is 0 Å². The maximum atomic E-state index is 13.0. The van der Waals surface area contributed by atoms with Crippen molar-refractivity contribution in [1.82, 2.24) is 0 Å². The van der Waals surface area contributed by atoms with Crippen LogP contribution in [-0.4, -0.2) is 0 Å². The molecule has 0 aliphatic carbocycles. The lowest BCUT2D eigenvalue weighted by atomic mass is 10.1. The number of benzene rings is 1. The molecule has 0 N–H and O–H groups in total. The van der Waals surface area contributed by atoms with Crippen LogP contribution in [0.4, 0.5) is 4.39 Å². The lowest BCUT2D eigenvalue weighted by Gasteiger charge is -2.08. The van der Waals surface area contributed by atoms with Gasteiger partial charge in [0.25, 0.3) is 0 Å². The summed E-state index contributed by atoms with van der Waals surface area (Å²) in [4.78, 5) is 1.20. The standard InChI is InChI=1S/C11H7Br2FS/c12-9-4-5-15-11(9)10(13)7-2-1-3-8(14)6-7/h1-6,10H. The molecule has 0 spiro atoms. The van der Waals surface area contributed by atoms with Crippen molar-refractivity contribution in [2.45, 2.75) is 4.83 Å². The van der Waals surface area contributed by atoms with Crippen molar-refractivity contribution in [2.24, 2.45) is 0 Å². The van der Waals surface area contributed by atoms with Crippen molar-refractivity contribution < 1.29 is 4.39 Å². The van der Waals surface area contributed by atoms with E-state index >= 15 is 0 Å². The van der Waals surface area contributed by atoms with E-state index in [-0.39, 0.29) is 10.6 Å². The van der Waals surface area contributed by atoms with Crippen LogP contribution in [0.2, 0.25) is 0 Å². The molecular formula is C11H7Br2FS. The van der Waals surface area contributed by atoms with Gasteiger partial charge in [-0.1, -0.05) is 28.1 Å². The van der Waals surface area contributed by atoms with E-state index in [1.165, 1.54) is 6.07 Å². The van der Waals surface area contributed by atoms with Gasteiger partial charge in [-0.3, -0.25) is 0 Å². The highest BCUT2D eigenvalue weighted by atomic mass is 79.9. The van der Waals surface area contributed by atoms with E-state index in [1.807, 2.05) is 17.5 Å². The monoisotopic (exact) mass is 348 g/mol. The summed E-state index contributed by atoms with van der Waals surface area (Å²) in [6.07, 6.45) is 0. The van der Waals surface area contributed by atoms with Crippen LogP contribution in [-0.2, 0) is 0 Å². The van der Waals surface area contributed by atoms with Crippen molar-refractivity contribution in [2.75, 3.05) is 0 Å². The van der Waals surface area contributed by atoms with Crippen LogP contribution in [0.1, 0.15) is 15.3 Å². The van der Waals surface area contributed by atoms with Gasteiger partial charge in [0.05, 0.1) is 4.83 Å². The van der Waals surface area contributed by atoms with Crippen LogP contribution in [0.3, 0.4) is 0 Å². The van der Waals surface area contributed by atoms with Gasteiger partial charge in [0.2, 0.25) is 0 Å². The molecule has 0 radical (unpaired) electrons. The summed E-state index contributed by atoms with van der Waals surface area (Å²) in [7, 11) is 0. The average Bonchev–Trinajstić information content (AvgIpc) is 2.63. The molecule has 0 saturated carbocycles. The third-order valence-electron chi connectivity index (χ3n) is 2.02. The average molecular weight is 350 g/mol. The van der Waals surface area contributed by atoms with Gasteiger partial charge in [-0.05, 0) is 45.1 Å². The first-order chi connectivity index (χ1) is 7.18. The van der Waals surface area contributed by atoms with Crippen molar-refractivity contribution >= 4 is 43.2 Å². The topological polar surface area (TPSA) is 0 Å². The molecule has 0 aliphatic rings. The third kappa shape index (κ3) is 2.49. The fourth-order valence-electron chi connectivity index (χ4n) is 1.30. The van der Waals surface area contributed by atoms with Gasteiger partial charge < -0.3 is 0 Å². The SMILES string of the molecule is Fc1cccc(C(Br)c2sccc2Br)c1.